The van der Waals surface area contributed by atoms with Crippen LogP contribution in [0.2, 0.25) is 5.02 Å². The van der Waals surface area contributed by atoms with Gasteiger partial charge in [-0.15, -0.1) is 0 Å². The van der Waals surface area contributed by atoms with Crippen LogP contribution in [0.5, 0.6) is 11.5 Å². The van der Waals surface area contributed by atoms with Gasteiger partial charge in [-0.2, -0.15) is 0 Å². The number of carbonyl (C=O) groups excluding carboxylic acids is 2. The summed E-state index contributed by atoms with van der Waals surface area (Å²) in [5, 5.41) is 3.89. The van der Waals surface area contributed by atoms with Crippen molar-refractivity contribution in [2.24, 2.45) is 0 Å². The van der Waals surface area contributed by atoms with Gasteiger partial charge in [0.1, 0.15) is 6.61 Å². The van der Waals surface area contributed by atoms with Crippen molar-refractivity contribution < 1.29 is 23.8 Å². The summed E-state index contributed by atoms with van der Waals surface area (Å²) in [6.07, 6.45) is 2.01. The van der Waals surface area contributed by atoms with Gasteiger partial charge in [0, 0.05) is 39.9 Å². The van der Waals surface area contributed by atoms with Crippen LogP contribution in [-0.4, -0.2) is 26.0 Å². The van der Waals surface area contributed by atoms with Gasteiger partial charge in [-0.1, -0.05) is 35.9 Å². The Kier molecular flexibility index (Phi) is 6.75. The van der Waals surface area contributed by atoms with Crippen molar-refractivity contribution in [1.29, 1.82) is 0 Å². The SMILES string of the molecule is COC(=O)C1=C(C)NC2=C(C(=O)CCC2)C1c1ccc(OCc2ccccc2Cl)c(OC)c1. The average Bonchev–Trinajstić information content (AvgIpc) is 2.82. The smallest absolute Gasteiger partial charge is 0.336 e. The lowest BCUT2D eigenvalue weighted by Gasteiger charge is -2.34. The number of methoxy groups -OCH3 is 2. The van der Waals surface area contributed by atoms with Crippen LogP contribution in [0, 0.1) is 0 Å². The molecule has 1 unspecified atom stereocenters. The number of benzene rings is 2. The molecule has 2 aliphatic rings. The second kappa shape index (κ2) is 9.71. The molecule has 6 nitrogen and oxygen atoms in total. The number of carbonyl (C=O) groups is 2. The third-order valence-electron chi connectivity index (χ3n) is 6.04. The Hall–Kier alpha value is -3.25. The fraction of sp³-hybridized carbons (Fsp3) is 0.308. The fourth-order valence-electron chi connectivity index (χ4n) is 4.45. The van der Waals surface area contributed by atoms with Crippen molar-refractivity contribution in [3.05, 3.63) is 81.2 Å². The van der Waals surface area contributed by atoms with Gasteiger partial charge in [0.25, 0.3) is 0 Å². The third kappa shape index (κ3) is 4.48. The molecule has 1 N–H and O–H groups in total. The second-order valence-corrected chi connectivity index (χ2v) is 8.45. The summed E-state index contributed by atoms with van der Waals surface area (Å²) in [7, 11) is 2.90. The van der Waals surface area contributed by atoms with Crippen molar-refractivity contribution in [1.82, 2.24) is 5.32 Å². The van der Waals surface area contributed by atoms with E-state index in [0.29, 0.717) is 39.8 Å². The van der Waals surface area contributed by atoms with Crippen molar-refractivity contribution in [3.63, 3.8) is 0 Å². The molecule has 0 fully saturated rings. The quantitative estimate of drug-likeness (QED) is 0.598. The molecule has 0 saturated heterocycles. The number of esters is 1. The maximum absolute atomic E-state index is 12.9. The van der Waals surface area contributed by atoms with E-state index >= 15 is 0 Å². The van der Waals surface area contributed by atoms with E-state index in [0.717, 1.165) is 29.7 Å². The van der Waals surface area contributed by atoms with Crippen LogP contribution in [-0.2, 0) is 20.9 Å². The standard InChI is InChI=1S/C26H26ClNO5/c1-15-23(26(30)32-3)24(25-19(28-15)9-6-10-20(25)29)16-11-12-21(22(13-16)31-2)33-14-17-7-4-5-8-18(17)27/h4-5,7-8,11-13,24,28H,6,9-10,14H2,1-3H3. The molecule has 0 radical (unpaired) electrons. The number of allylic oxidation sites excluding steroid dienone is 3. The number of ether oxygens (including phenoxy) is 3. The highest BCUT2D eigenvalue weighted by atomic mass is 35.5. The number of hydrogen-bond acceptors (Lipinski definition) is 6. The van der Waals surface area contributed by atoms with E-state index in [1.807, 2.05) is 43.3 Å². The summed E-state index contributed by atoms with van der Waals surface area (Å²) < 4.78 is 16.6. The highest BCUT2D eigenvalue weighted by Crippen LogP contribution is 2.44. The molecule has 2 aromatic carbocycles. The monoisotopic (exact) mass is 467 g/mol. The van der Waals surface area contributed by atoms with Gasteiger partial charge in [-0.25, -0.2) is 4.79 Å². The molecule has 1 atom stereocenters. The van der Waals surface area contributed by atoms with E-state index in [1.165, 1.54) is 7.11 Å². The lowest BCUT2D eigenvalue weighted by molar-refractivity contribution is -0.136. The first kappa shape index (κ1) is 22.9. The van der Waals surface area contributed by atoms with Crippen LogP contribution in [0.1, 0.15) is 43.2 Å². The summed E-state index contributed by atoms with van der Waals surface area (Å²) in [4.78, 5) is 25.7. The van der Waals surface area contributed by atoms with Gasteiger partial charge in [0.15, 0.2) is 17.3 Å². The third-order valence-corrected chi connectivity index (χ3v) is 6.41. The zero-order valence-electron chi connectivity index (χ0n) is 18.9. The van der Waals surface area contributed by atoms with Crippen LogP contribution in [0.25, 0.3) is 0 Å². The molecule has 7 heteroatoms. The van der Waals surface area contributed by atoms with Crippen LogP contribution < -0.4 is 14.8 Å². The molecule has 0 amide bonds. The Morgan fingerprint density at radius 1 is 1.12 bits per heavy atom. The largest absolute Gasteiger partial charge is 0.493 e. The fourth-order valence-corrected chi connectivity index (χ4v) is 4.64. The Morgan fingerprint density at radius 2 is 1.91 bits per heavy atom. The Balaban J connectivity index is 1.73. The van der Waals surface area contributed by atoms with E-state index in [-0.39, 0.29) is 12.4 Å². The Bertz CT molecular complexity index is 1170. The highest BCUT2D eigenvalue weighted by Gasteiger charge is 2.39. The summed E-state index contributed by atoms with van der Waals surface area (Å²) in [5.74, 6) is 0.0894. The first-order valence-electron chi connectivity index (χ1n) is 10.8. The van der Waals surface area contributed by atoms with Crippen LogP contribution in [0.15, 0.2) is 65.0 Å². The number of halogens is 1. The predicted molar refractivity (Wildman–Crippen MR) is 125 cm³/mol. The topological polar surface area (TPSA) is 73.9 Å². The van der Waals surface area contributed by atoms with Gasteiger partial charge in [-0.05, 0) is 43.5 Å². The minimum Gasteiger partial charge on any atom is -0.493 e. The summed E-state index contributed by atoms with van der Waals surface area (Å²) >= 11 is 6.24. The molecule has 172 valence electrons. The van der Waals surface area contributed by atoms with Crippen molar-refractivity contribution in [2.45, 2.75) is 38.7 Å². The molecule has 2 aromatic rings. The van der Waals surface area contributed by atoms with Crippen molar-refractivity contribution in [2.75, 3.05) is 14.2 Å². The molecule has 1 heterocycles. The minimum absolute atomic E-state index is 0.0423. The molecule has 0 saturated carbocycles. The summed E-state index contributed by atoms with van der Waals surface area (Å²) in [6, 6.07) is 13.0. The number of dihydropyridines is 1. The molecule has 1 aliphatic carbocycles. The van der Waals surface area contributed by atoms with Crippen molar-refractivity contribution >= 4 is 23.4 Å². The lowest BCUT2D eigenvalue weighted by Crippen LogP contribution is -2.34. The van der Waals surface area contributed by atoms with Gasteiger partial charge >= 0.3 is 5.97 Å². The Labute approximate surface area is 198 Å². The molecule has 4 rings (SSSR count). The second-order valence-electron chi connectivity index (χ2n) is 8.05. The highest BCUT2D eigenvalue weighted by molar-refractivity contribution is 6.31. The van der Waals surface area contributed by atoms with Gasteiger partial charge in [0.2, 0.25) is 0 Å². The van der Waals surface area contributed by atoms with Gasteiger partial charge in [-0.3, -0.25) is 4.79 Å². The molecule has 0 spiro atoms. The van der Waals surface area contributed by atoms with Gasteiger partial charge < -0.3 is 19.5 Å². The molecule has 0 aromatic heterocycles. The minimum atomic E-state index is -0.534. The zero-order valence-corrected chi connectivity index (χ0v) is 19.6. The zero-order chi connectivity index (χ0) is 23.5. The van der Waals surface area contributed by atoms with Crippen LogP contribution in [0.3, 0.4) is 0 Å². The summed E-state index contributed by atoms with van der Waals surface area (Å²) in [6.45, 7) is 2.11. The molecule has 1 aliphatic heterocycles. The number of ketones is 1. The molecule has 0 bridgehead atoms. The van der Waals surface area contributed by atoms with Crippen molar-refractivity contribution in [3.8, 4) is 11.5 Å². The number of nitrogens with one attached hydrogen (secondary N) is 1. The molecular weight excluding hydrogens is 442 g/mol. The van der Waals surface area contributed by atoms with E-state index < -0.39 is 11.9 Å². The van der Waals surface area contributed by atoms with Crippen LogP contribution >= 0.6 is 11.6 Å². The number of Topliss-reactive ketones (excluding diaryl/α,β-unsaturated/α-hetero) is 1. The summed E-state index contributed by atoms with van der Waals surface area (Å²) in [5.41, 5.74) is 4.24. The van der Waals surface area contributed by atoms with Crippen LogP contribution in [0.4, 0.5) is 0 Å². The molecular formula is C26H26ClNO5. The first-order valence-corrected chi connectivity index (χ1v) is 11.2. The maximum atomic E-state index is 12.9. The number of hydrogen-bond donors (Lipinski definition) is 1. The Morgan fingerprint density at radius 3 is 2.64 bits per heavy atom. The van der Waals surface area contributed by atoms with E-state index in [4.69, 9.17) is 25.8 Å². The van der Waals surface area contributed by atoms with Gasteiger partial charge in [0.05, 0.1) is 19.8 Å². The van der Waals surface area contributed by atoms with E-state index in [1.54, 1.807) is 13.2 Å². The van der Waals surface area contributed by atoms with E-state index in [2.05, 4.69) is 5.32 Å². The number of rotatable bonds is 6. The lowest BCUT2D eigenvalue weighted by atomic mass is 9.75. The van der Waals surface area contributed by atoms with E-state index in [9.17, 15) is 9.59 Å². The normalized spacial score (nSPS) is 17.9. The molecule has 33 heavy (non-hydrogen) atoms. The maximum Gasteiger partial charge on any atom is 0.336 e. The first-order chi connectivity index (χ1) is 15.9. The predicted octanol–water partition coefficient (Wildman–Crippen LogP) is 5.07. The average molecular weight is 468 g/mol.